The molecular formula is C9H13ClO2S. The Morgan fingerprint density at radius 1 is 1.46 bits per heavy atom. The monoisotopic (exact) mass is 220 g/mol. The first-order valence-electron chi connectivity index (χ1n) is 4.19. The lowest BCUT2D eigenvalue weighted by molar-refractivity contribution is 0.0350. The van der Waals surface area contributed by atoms with Crippen LogP contribution in [0.1, 0.15) is 22.8 Å². The van der Waals surface area contributed by atoms with Gasteiger partial charge in [-0.3, -0.25) is 0 Å². The second-order valence-electron chi connectivity index (χ2n) is 2.82. The average molecular weight is 221 g/mol. The SMILES string of the molecule is CCc1ccc(C(O)C(O)CCl)s1. The van der Waals surface area contributed by atoms with Crippen molar-refractivity contribution in [2.24, 2.45) is 0 Å². The molecule has 0 aliphatic heterocycles. The van der Waals surface area contributed by atoms with Gasteiger partial charge < -0.3 is 10.2 Å². The summed E-state index contributed by atoms with van der Waals surface area (Å²) in [4.78, 5) is 1.99. The van der Waals surface area contributed by atoms with Crippen molar-refractivity contribution in [2.75, 3.05) is 5.88 Å². The molecule has 0 saturated heterocycles. The van der Waals surface area contributed by atoms with E-state index in [-0.39, 0.29) is 5.88 Å². The molecule has 2 unspecified atom stereocenters. The van der Waals surface area contributed by atoms with Gasteiger partial charge in [0, 0.05) is 9.75 Å². The first-order chi connectivity index (χ1) is 6.19. The van der Waals surface area contributed by atoms with Crippen molar-refractivity contribution < 1.29 is 10.2 Å². The Balaban J connectivity index is 2.70. The number of thiophene rings is 1. The standard InChI is InChI=1S/C9H13ClO2S/c1-2-6-3-4-8(13-6)9(12)7(11)5-10/h3-4,7,9,11-12H,2,5H2,1H3. The van der Waals surface area contributed by atoms with Gasteiger partial charge in [0.1, 0.15) is 6.10 Å². The van der Waals surface area contributed by atoms with Gasteiger partial charge in [-0.1, -0.05) is 6.92 Å². The van der Waals surface area contributed by atoms with Gasteiger partial charge in [0.25, 0.3) is 0 Å². The highest BCUT2D eigenvalue weighted by Gasteiger charge is 2.18. The quantitative estimate of drug-likeness (QED) is 0.762. The number of alkyl halides is 1. The molecule has 0 fully saturated rings. The minimum absolute atomic E-state index is 0.0561. The molecule has 74 valence electrons. The van der Waals surface area contributed by atoms with Gasteiger partial charge in [-0.15, -0.1) is 22.9 Å². The second-order valence-corrected chi connectivity index (χ2v) is 4.33. The molecule has 1 aromatic rings. The summed E-state index contributed by atoms with van der Waals surface area (Å²) >= 11 is 6.95. The van der Waals surface area contributed by atoms with Crippen molar-refractivity contribution in [3.8, 4) is 0 Å². The van der Waals surface area contributed by atoms with Crippen molar-refractivity contribution in [1.82, 2.24) is 0 Å². The van der Waals surface area contributed by atoms with Crippen molar-refractivity contribution in [3.63, 3.8) is 0 Å². The maximum atomic E-state index is 9.57. The predicted octanol–water partition coefficient (Wildman–Crippen LogP) is 1.94. The van der Waals surface area contributed by atoms with Crippen LogP contribution in [-0.2, 0) is 6.42 Å². The van der Waals surface area contributed by atoms with E-state index in [1.54, 1.807) is 0 Å². The Kier molecular flexibility index (Phi) is 4.19. The molecular weight excluding hydrogens is 208 g/mol. The number of hydrogen-bond donors (Lipinski definition) is 2. The van der Waals surface area contributed by atoms with E-state index in [1.807, 2.05) is 12.1 Å². The van der Waals surface area contributed by atoms with Crippen LogP contribution in [0, 0.1) is 0 Å². The Labute approximate surface area is 86.8 Å². The van der Waals surface area contributed by atoms with Gasteiger partial charge in [0.05, 0.1) is 12.0 Å². The molecule has 0 spiro atoms. The van der Waals surface area contributed by atoms with Gasteiger partial charge in [0.15, 0.2) is 0 Å². The van der Waals surface area contributed by atoms with Gasteiger partial charge in [-0.05, 0) is 18.6 Å². The van der Waals surface area contributed by atoms with E-state index >= 15 is 0 Å². The minimum Gasteiger partial charge on any atom is -0.389 e. The van der Waals surface area contributed by atoms with Crippen LogP contribution in [-0.4, -0.2) is 22.2 Å². The summed E-state index contributed by atoms with van der Waals surface area (Å²) in [6.07, 6.45) is -0.762. The maximum absolute atomic E-state index is 9.57. The van der Waals surface area contributed by atoms with Crippen LogP contribution < -0.4 is 0 Å². The third kappa shape index (κ3) is 2.68. The lowest BCUT2D eigenvalue weighted by atomic mass is 10.2. The summed E-state index contributed by atoms with van der Waals surface area (Å²) in [7, 11) is 0. The van der Waals surface area contributed by atoms with E-state index in [0.717, 1.165) is 11.3 Å². The van der Waals surface area contributed by atoms with Crippen LogP contribution in [0.2, 0.25) is 0 Å². The van der Waals surface area contributed by atoms with E-state index in [0.29, 0.717) is 0 Å². The highest BCUT2D eigenvalue weighted by molar-refractivity contribution is 7.12. The lowest BCUT2D eigenvalue weighted by Gasteiger charge is -2.12. The second kappa shape index (κ2) is 4.96. The molecule has 2 nitrogen and oxygen atoms in total. The summed E-state index contributed by atoms with van der Waals surface area (Å²) < 4.78 is 0. The molecule has 2 N–H and O–H groups in total. The van der Waals surface area contributed by atoms with Gasteiger partial charge >= 0.3 is 0 Å². The molecule has 0 radical (unpaired) electrons. The molecule has 2 atom stereocenters. The summed E-state index contributed by atoms with van der Waals surface area (Å²) in [5, 5.41) is 18.9. The Hall–Kier alpha value is -0.0900. The molecule has 1 heterocycles. The Morgan fingerprint density at radius 3 is 2.62 bits per heavy atom. The number of aliphatic hydroxyl groups excluding tert-OH is 2. The fourth-order valence-corrected chi connectivity index (χ4v) is 2.18. The molecule has 0 aliphatic rings. The van der Waals surface area contributed by atoms with Crippen LogP contribution in [0.3, 0.4) is 0 Å². The van der Waals surface area contributed by atoms with Gasteiger partial charge in [-0.2, -0.15) is 0 Å². The van der Waals surface area contributed by atoms with Crippen molar-refractivity contribution in [1.29, 1.82) is 0 Å². The highest BCUT2D eigenvalue weighted by atomic mass is 35.5. The fraction of sp³-hybridized carbons (Fsp3) is 0.556. The Morgan fingerprint density at radius 2 is 2.15 bits per heavy atom. The van der Waals surface area contributed by atoms with Crippen LogP contribution in [0.25, 0.3) is 0 Å². The topological polar surface area (TPSA) is 40.5 Å². The van der Waals surface area contributed by atoms with Crippen molar-refractivity contribution in [2.45, 2.75) is 25.6 Å². The number of aryl methyl sites for hydroxylation is 1. The average Bonchev–Trinajstić information content (AvgIpc) is 2.63. The normalized spacial score (nSPS) is 15.7. The smallest absolute Gasteiger partial charge is 0.115 e. The molecule has 0 aromatic carbocycles. The Bertz CT molecular complexity index is 262. The molecule has 0 saturated carbocycles. The highest BCUT2D eigenvalue weighted by Crippen LogP contribution is 2.26. The lowest BCUT2D eigenvalue weighted by Crippen LogP contribution is -2.18. The first-order valence-corrected chi connectivity index (χ1v) is 5.54. The zero-order valence-corrected chi connectivity index (χ0v) is 8.98. The molecule has 13 heavy (non-hydrogen) atoms. The molecule has 1 rings (SSSR count). The van der Waals surface area contributed by atoms with E-state index in [9.17, 15) is 10.2 Å². The van der Waals surface area contributed by atoms with Crippen molar-refractivity contribution in [3.05, 3.63) is 21.9 Å². The predicted molar refractivity (Wildman–Crippen MR) is 55.4 cm³/mol. The van der Waals surface area contributed by atoms with E-state index in [1.165, 1.54) is 16.2 Å². The third-order valence-electron chi connectivity index (χ3n) is 1.84. The molecule has 0 aliphatic carbocycles. The maximum Gasteiger partial charge on any atom is 0.115 e. The number of rotatable bonds is 4. The van der Waals surface area contributed by atoms with E-state index in [2.05, 4.69) is 6.92 Å². The summed E-state index contributed by atoms with van der Waals surface area (Å²) in [6.45, 7) is 2.06. The molecule has 1 aromatic heterocycles. The summed E-state index contributed by atoms with van der Waals surface area (Å²) in [5.74, 6) is 0.0561. The van der Waals surface area contributed by atoms with Gasteiger partial charge in [-0.25, -0.2) is 0 Å². The van der Waals surface area contributed by atoms with E-state index < -0.39 is 12.2 Å². The fourth-order valence-electron chi connectivity index (χ4n) is 1.02. The number of halogens is 1. The molecule has 4 heteroatoms. The molecule has 0 amide bonds. The zero-order chi connectivity index (χ0) is 9.84. The minimum atomic E-state index is -0.870. The molecule has 0 bridgehead atoms. The number of aliphatic hydroxyl groups is 2. The number of hydrogen-bond acceptors (Lipinski definition) is 3. The summed E-state index contributed by atoms with van der Waals surface area (Å²) in [5.41, 5.74) is 0. The van der Waals surface area contributed by atoms with Crippen LogP contribution >= 0.6 is 22.9 Å². The summed E-state index contributed by atoms with van der Waals surface area (Å²) in [6, 6.07) is 3.80. The largest absolute Gasteiger partial charge is 0.389 e. The van der Waals surface area contributed by atoms with Crippen LogP contribution in [0.5, 0.6) is 0 Å². The zero-order valence-electron chi connectivity index (χ0n) is 7.40. The third-order valence-corrected chi connectivity index (χ3v) is 3.46. The first kappa shape index (κ1) is 11.0. The van der Waals surface area contributed by atoms with Crippen molar-refractivity contribution >= 4 is 22.9 Å². The van der Waals surface area contributed by atoms with E-state index in [4.69, 9.17) is 11.6 Å². The van der Waals surface area contributed by atoms with Crippen LogP contribution in [0.4, 0.5) is 0 Å². The van der Waals surface area contributed by atoms with Crippen LogP contribution in [0.15, 0.2) is 12.1 Å². The van der Waals surface area contributed by atoms with Gasteiger partial charge in [0.2, 0.25) is 0 Å².